The molecule has 0 saturated carbocycles. The molecule has 2 aromatic rings. The second-order valence-corrected chi connectivity index (χ2v) is 3.85. The average Bonchev–Trinajstić information content (AvgIpc) is 2.65. The Bertz CT molecular complexity index is 459. The molecule has 0 fully saturated rings. The first-order chi connectivity index (χ1) is 7.65. The normalized spacial score (nSPS) is 12.4. The Morgan fingerprint density at radius 2 is 2.00 bits per heavy atom. The molecule has 0 radical (unpaired) electrons. The summed E-state index contributed by atoms with van der Waals surface area (Å²) < 4.78 is 5.55. The van der Waals surface area contributed by atoms with Gasteiger partial charge in [0, 0.05) is 17.8 Å². The molecule has 0 aliphatic rings. The molecule has 0 unspecified atom stereocenters. The van der Waals surface area contributed by atoms with Gasteiger partial charge in [0.25, 0.3) is 0 Å². The summed E-state index contributed by atoms with van der Waals surface area (Å²) in [5.41, 5.74) is 7.82. The monoisotopic (exact) mass is 217 g/mol. The van der Waals surface area contributed by atoms with Crippen LogP contribution in [0, 0.1) is 6.92 Å². The van der Waals surface area contributed by atoms with Crippen molar-refractivity contribution >= 4 is 0 Å². The van der Waals surface area contributed by atoms with Crippen LogP contribution in [0.3, 0.4) is 0 Å². The minimum atomic E-state index is 0.0432. The zero-order chi connectivity index (χ0) is 11.5. The molecule has 84 valence electrons. The molecular weight excluding hydrogens is 202 g/mol. The lowest BCUT2D eigenvalue weighted by atomic mass is 10.1. The first kappa shape index (κ1) is 10.7. The number of H-pyrrole nitrogens is 1. The van der Waals surface area contributed by atoms with Gasteiger partial charge in [-0.15, -0.1) is 5.10 Å². The third-order valence-corrected chi connectivity index (χ3v) is 2.31. The molecule has 1 heterocycles. The van der Waals surface area contributed by atoms with Crippen LogP contribution in [0.4, 0.5) is 0 Å². The molecule has 1 atom stereocenters. The van der Waals surface area contributed by atoms with E-state index in [-0.39, 0.29) is 6.04 Å². The van der Waals surface area contributed by atoms with Crippen LogP contribution in [-0.2, 0) is 0 Å². The summed E-state index contributed by atoms with van der Waals surface area (Å²) in [6.07, 6.45) is 0. The van der Waals surface area contributed by atoms with Crippen molar-refractivity contribution in [1.29, 1.82) is 0 Å². The van der Waals surface area contributed by atoms with Gasteiger partial charge in [-0.05, 0) is 31.5 Å². The van der Waals surface area contributed by atoms with Crippen LogP contribution >= 0.6 is 0 Å². The van der Waals surface area contributed by atoms with Crippen LogP contribution < -0.4 is 10.5 Å². The van der Waals surface area contributed by atoms with E-state index >= 15 is 0 Å². The topological polar surface area (TPSA) is 63.9 Å². The number of rotatable bonds is 3. The Labute approximate surface area is 94.4 Å². The van der Waals surface area contributed by atoms with E-state index in [2.05, 4.69) is 10.2 Å². The molecule has 4 heteroatoms. The second kappa shape index (κ2) is 4.37. The van der Waals surface area contributed by atoms with Crippen molar-refractivity contribution in [3.8, 4) is 11.6 Å². The molecule has 0 amide bonds. The SMILES string of the molecule is Cc1cc(Oc2ccc([C@H](C)N)cc2)n[nH]1. The van der Waals surface area contributed by atoms with E-state index in [0.29, 0.717) is 5.88 Å². The van der Waals surface area contributed by atoms with Gasteiger partial charge < -0.3 is 10.5 Å². The van der Waals surface area contributed by atoms with Gasteiger partial charge in [-0.25, -0.2) is 0 Å². The van der Waals surface area contributed by atoms with E-state index < -0.39 is 0 Å². The van der Waals surface area contributed by atoms with Crippen molar-refractivity contribution in [3.05, 3.63) is 41.6 Å². The summed E-state index contributed by atoms with van der Waals surface area (Å²) in [4.78, 5) is 0. The highest BCUT2D eigenvalue weighted by molar-refractivity contribution is 5.31. The van der Waals surface area contributed by atoms with Crippen LogP contribution in [0.2, 0.25) is 0 Å². The fraction of sp³-hybridized carbons (Fsp3) is 0.250. The lowest BCUT2D eigenvalue weighted by molar-refractivity contribution is 0.461. The maximum Gasteiger partial charge on any atom is 0.238 e. The van der Waals surface area contributed by atoms with Crippen molar-refractivity contribution < 1.29 is 4.74 Å². The molecule has 0 bridgehead atoms. The summed E-state index contributed by atoms with van der Waals surface area (Å²) in [5, 5.41) is 6.82. The average molecular weight is 217 g/mol. The number of hydrogen-bond acceptors (Lipinski definition) is 3. The summed E-state index contributed by atoms with van der Waals surface area (Å²) in [7, 11) is 0. The zero-order valence-corrected chi connectivity index (χ0v) is 9.40. The lowest BCUT2D eigenvalue weighted by Crippen LogP contribution is -2.04. The molecule has 1 aromatic heterocycles. The van der Waals surface area contributed by atoms with Crippen molar-refractivity contribution in [2.75, 3.05) is 0 Å². The Hall–Kier alpha value is -1.81. The lowest BCUT2D eigenvalue weighted by Gasteiger charge is -2.06. The van der Waals surface area contributed by atoms with Crippen molar-refractivity contribution in [1.82, 2.24) is 10.2 Å². The number of benzene rings is 1. The third kappa shape index (κ3) is 2.41. The maximum atomic E-state index is 5.76. The smallest absolute Gasteiger partial charge is 0.238 e. The third-order valence-electron chi connectivity index (χ3n) is 2.31. The predicted octanol–water partition coefficient (Wildman–Crippen LogP) is 2.53. The number of nitrogens with zero attached hydrogens (tertiary/aromatic N) is 1. The maximum absolute atomic E-state index is 5.76. The number of hydrogen-bond donors (Lipinski definition) is 2. The van der Waals surface area contributed by atoms with E-state index in [1.807, 2.05) is 44.2 Å². The van der Waals surface area contributed by atoms with Crippen LogP contribution in [0.5, 0.6) is 11.6 Å². The van der Waals surface area contributed by atoms with Crippen LogP contribution in [0.25, 0.3) is 0 Å². The highest BCUT2D eigenvalue weighted by Crippen LogP contribution is 2.21. The Balaban J connectivity index is 2.11. The van der Waals surface area contributed by atoms with Gasteiger partial charge in [0.2, 0.25) is 5.88 Å². The molecule has 0 spiro atoms. The molecular formula is C12H15N3O. The van der Waals surface area contributed by atoms with E-state index in [1.165, 1.54) is 0 Å². The van der Waals surface area contributed by atoms with Gasteiger partial charge in [-0.1, -0.05) is 12.1 Å². The Kier molecular flexibility index (Phi) is 2.92. The molecule has 4 nitrogen and oxygen atoms in total. The fourth-order valence-corrected chi connectivity index (χ4v) is 1.41. The second-order valence-electron chi connectivity index (χ2n) is 3.85. The molecule has 3 N–H and O–H groups in total. The predicted molar refractivity (Wildman–Crippen MR) is 62.4 cm³/mol. The Morgan fingerprint density at radius 3 is 2.50 bits per heavy atom. The number of nitrogens with two attached hydrogens (primary N) is 1. The number of aryl methyl sites for hydroxylation is 1. The summed E-state index contributed by atoms with van der Waals surface area (Å²) in [6.45, 7) is 3.88. The first-order valence-electron chi connectivity index (χ1n) is 5.20. The number of aromatic nitrogens is 2. The van der Waals surface area contributed by atoms with Crippen molar-refractivity contribution in [3.63, 3.8) is 0 Å². The number of ether oxygens (including phenoxy) is 1. The largest absolute Gasteiger partial charge is 0.438 e. The minimum Gasteiger partial charge on any atom is -0.438 e. The van der Waals surface area contributed by atoms with Gasteiger partial charge in [0.1, 0.15) is 5.75 Å². The highest BCUT2D eigenvalue weighted by atomic mass is 16.5. The van der Waals surface area contributed by atoms with Gasteiger partial charge in [0.15, 0.2) is 0 Å². The summed E-state index contributed by atoms with van der Waals surface area (Å²) >= 11 is 0. The fourth-order valence-electron chi connectivity index (χ4n) is 1.41. The van der Waals surface area contributed by atoms with Crippen LogP contribution in [0.1, 0.15) is 24.2 Å². The van der Waals surface area contributed by atoms with E-state index in [0.717, 1.165) is 17.0 Å². The van der Waals surface area contributed by atoms with E-state index in [9.17, 15) is 0 Å². The quantitative estimate of drug-likeness (QED) is 0.830. The van der Waals surface area contributed by atoms with Gasteiger partial charge in [-0.2, -0.15) is 0 Å². The van der Waals surface area contributed by atoms with E-state index in [1.54, 1.807) is 0 Å². The Morgan fingerprint density at radius 1 is 1.31 bits per heavy atom. The van der Waals surface area contributed by atoms with Crippen molar-refractivity contribution in [2.24, 2.45) is 5.73 Å². The van der Waals surface area contributed by atoms with Crippen LogP contribution in [0.15, 0.2) is 30.3 Å². The molecule has 2 rings (SSSR count). The van der Waals surface area contributed by atoms with Gasteiger partial charge in [-0.3, -0.25) is 5.10 Å². The standard InChI is InChI=1S/C12H15N3O/c1-8-7-12(15-14-8)16-11-5-3-10(4-6-11)9(2)13/h3-7,9H,13H2,1-2H3,(H,14,15)/t9-/m0/s1. The molecule has 0 saturated heterocycles. The van der Waals surface area contributed by atoms with Crippen LogP contribution in [-0.4, -0.2) is 10.2 Å². The van der Waals surface area contributed by atoms with Crippen molar-refractivity contribution in [2.45, 2.75) is 19.9 Å². The zero-order valence-electron chi connectivity index (χ0n) is 9.40. The highest BCUT2D eigenvalue weighted by Gasteiger charge is 2.02. The first-order valence-corrected chi connectivity index (χ1v) is 5.20. The minimum absolute atomic E-state index is 0.0432. The number of nitrogens with one attached hydrogen (secondary N) is 1. The number of aromatic amines is 1. The van der Waals surface area contributed by atoms with Gasteiger partial charge in [0.05, 0.1) is 0 Å². The summed E-state index contributed by atoms with van der Waals surface area (Å²) in [6, 6.07) is 9.59. The summed E-state index contributed by atoms with van der Waals surface area (Å²) in [5.74, 6) is 1.34. The molecule has 1 aromatic carbocycles. The van der Waals surface area contributed by atoms with Gasteiger partial charge >= 0.3 is 0 Å². The molecule has 0 aliphatic carbocycles. The molecule has 16 heavy (non-hydrogen) atoms. The van der Waals surface area contributed by atoms with E-state index in [4.69, 9.17) is 10.5 Å². The molecule has 0 aliphatic heterocycles.